The molecule has 1 aromatic heterocycles. The third-order valence-corrected chi connectivity index (χ3v) is 3.24. The SMILES string of the molecule is CC(C)n1nnc(C(=O)OC2CCCCC2)c1N. The Balaban J connectivity index is 2.04. The van der Waals surface area contributed by atoms with Gasteiger partial charge in [0, 0.05) is 0 Å². The van der Waals surface area contributed by atoms with Crippen LogP contribution in [0.25, 0.3) is 0 Å². The van der Waals surface area contributed by atoms with E-state index < -0.39 is 5.97 Å². The number of hydrogen-bond donors (Lipinski definition) is 1. The molecule has 1 aliphatic carbocycles. The highest BCUT2D eigenvalue weighted by Gasteiger charge is 2.24. The number of nitrogen functional groups attached to an aromatic ring is 1. The van der Waals surface area contributed by atoms with Gasteiger partial charge in [-0.15, -0.1) is 5.10 Å². The van der Waals surface area contributed by atoms with Crippen LogP contribution in [-0.4, -0.2) is 27.1 Å². The topological polar surface area (TPSA) is 83.0 Å². The Kier molecular flexibility index (Phi) is 3.84. The highest BCUT2D eigenvalue weighted by molar-refractivity contribution is 5.91. The lowest BCUT2D eigenvalue weighted by Gasteiger charge is -2.21. The fraction of sp³-hybridized carbons (Fsp3) is 0.750. The minimum Gasteiger partial charge on any atom is -0.458 e. The molecule has 18 heavy (non-hydrogen) atoms. The summed E-state index contributed by atoms with van der Waals surface area (Å²) in [5.74, 6) is -0.169. The van der Waals surface area contributed by atoms with Gasteiger partial charge >= 0.3 is 5.97 Å². The van der Waals surface area contributed by atoms with Crippen molar-refractivity contribution in [2.75, 3.05) is 5.73 Å². The number of rotatable bonds is 3. The van der Waals surface area contributed by atoms with Gasteiger partial charge < -0.3 is 10.5 Å². The van der Waals surface area contributed by atoms with E-state index in [9.17, 15) is 4.79 Å². The quantitative estimate of drug-likeness (QED) is 0.831. The zero-order valence-electron chi connectivity index (χ0n) is 10.9. The number of hydrogen-bond acceptors (Lipinski definition) is 5. The first-order valence-electron chi connectivity index (χ1n) is 6.51. The Labute approximate surface area is 106 Å². The average molecular weight is 252 g/mol. The van der Waals surface area contributed by atoms with E-state index in [2.05, 4.69) is 10.3 Å². The fourth-order valence-electron chi connectivity index (χ4n) is 2.22. The molecule has 2 N–H and O–H groups in total. The molecule has 0 bridgehead atoms. The van der Waals surface area contributed by atoms with Gasteiger partial charge in [0.2, 0.25) is 5.69 Å². The molecule has 6 heteroatoms. The molecule has 1 aliphatic rings. The summed E-state index contributed by atoms with van der Waals surface area (Å²) in [6.07, 6.45) is 5.33. The predicted octanol–water partition coefficient (Wildman–Crippen LogP) is 1.93. The van der Waals surface area contributed by atoms with Crippen molar-refractivity contribution in [2.24, 2.45) is 0 Å². The molecule has 1 saturated carbocycles. The van der Waals surface area contributed by atoms with Gasteiger partial charge in [-0.2, -0.15) is 0 Å². The maximum atomic E-state index is 12.0. The van der Waals surface area contributed by atoms with Gasteiger partial charge in [0.15, 0.2) is 5.82 Å². The number of ether oxygens (including phenoxy) is 1. The summed E-state index contributed by atoms with van der Waals surface area (Å²) in [4.78, 5) is 12.0. The Morgan fingerprint density at radius 2 is 2.06 bits per heavy atom. The smallest absolute Gasteiger partial charge is 0.363 e. The van der Waals surface area contributed by atoms with Crippen molar-refractivity contribution in [3.8, 4) is 0 Å². The molecule has 0 aromatic carbocycles. The normalized spacial score (nSPS) is 17.1. The van der Waals surface area contributed by atoms with Crippen LogP contribution >= 0.6 is 0 Å². The van der Waals surface area contributed by atoms with E-state index in [-0.39, 0.29) is 23.7 Å². The van der Waals surface area contributed by atoms with Gasteiger partial charge in [-0.1, -0.05) is 11.6 Å². The van der Waals surface area contributed by atoms with Crippen molar-refractivity contribution in [1.82, 2.24) is 15.0 Å². The lowest BCUT2D eigenvalue weighted by Crippen LogP contribution is -2.22. The number of carbonyl (C=O) groups is 1. The zero-order valence-corrected chi connectivity index (χ0v) is 10.9. The maximum Gasteiger partial charge on any atom is 0.363 e. The van der Waals surface area contributed by atoms with E-state index in [1.165, 1.54) is 11.1 Å². The summed E-state index contributed by atoms with van der Waals surface area (Å²) >= 11 is 0. The summed E-state index contributed by atoms with van der Waals surface area (Å²) in [6.45, 7) is 3.86. The first-order valence-corrected chi connectivity index (χ1v) is 6.51. The second kappa shape index (κ2) is 5.37. The van der Waals surface area contributed by atoms with Gasteiger partial charge in [0.25, 0.3) is 0 Å². The summed E-state index contributed by atoms with van der Waals surface area (Å²) in [5, 5.41) is 7.69. The number of carbonyl (C=O) groups excluding carboxylic acids is 1. The Morgan fingerprint density at radius 3 is 2.61 bits per heavy atom. The fourth-order valence-corrected chi connectivity index (χ4v) is 2.22. The van der Waals surface area contributed by atoms with Crippen LogP contribution in [-0.2, 0) is 4.74 Å². The number of anilines is 1. The molecule has 100 valence electrons. The molecule has 0 aliphatic heterocycles. The lowest BCUT2D eigenvalue weighted by molar-refractivity contribution is 0.0205. The molecule has 6 nitrogen and oxygen atoms in total. The second-order valence-electron chi connectivity index (χ2n) is 5.03. The highest BCUT2D eigenvalue weighted by Crippen LogP contribution is 2.22. The van der Waals surface area contributed by atoms with Crippen LogP contribution in [0.3, 0.4) is 0 Å². The molecule has 1 heterocycles. The van der Waals surface area contributed by atoms with Crippen molar-refractivity contribution in [1.29, 1.82) is 0 Å². The second-order valence-corrected chi connectivity index (χ2v) is 5.03. The van der Waals surface area contributed by atoms with E-state index >= 15 is 0 Å². The molecule has 0 saturated heterocycles. The number of nitrogens with two attached hydrogens (primary N) is 1. The number of nitrogens with zero attached hydrogens (tertiary/aromatic N) is 3. The van der Waals surface area contributed by atoms with Gasteiger partial charge in [0.05, 0.1) is 6.04 Å². The van der Waals surface area contributed by atoms with Gasteiger partial charge in [-0.05, 0) is 39.5 Å². The third-order valence-electron chi connectivity index (χ3n) is 3.24. The first kappa shape index (κ1) is 12.9. The first-order chi connectivity index (χ1) is 8.59. The van der Waals surface area contributed by atoms with E-state index in [0.29, 0.717) is 0 Å². The average Bonchev–Trinajstić information content (AvgIpc) is 2.72. The minimum atomic E-state index is -0.453. The molecule has 0 atom stereocenters. The van der Waals surface area contributed by atoms with Crippen molar-refractivity contribution < 1.29 is 9.53 Å². The van der Waals surface area contributed by atoms with Crippen molar-refractivity contribution >= 4 is 11.8 Å². The van der Waals surface area contributed by atoms with Crippen LogP contribution in [0, 0.1) is 0 Å². The zero-order chi connectivity index (χ0) is 13.1. The number of aromatic nitrogens is 3. The van der Waals surface area contributed by atoms with Gasteiger partial charge in [-0.25, -0.2) is 9.48 Å². The lowest BCUT2D eigenvalue weighted by atomic mass is 9.98. The highest BCUT2D eigenvalue weighted by atomic mass is 16.5. The standard InChI is InChI=1S/C12H20N4O2/c1-8(2)16-11(13)10(14-15-16)12(17)18-9-6-4-3-5-7-9/h8-9H,3-7,13H2,1-2H3. The van der Waals surface area contributed by atoms with Crippen molar-refractivity contribution in [2.45, 2.75) is 58.1 Å². The Hall–Kier alpha value is -1.59. The van der Waals surface area contributed by atoms with Crippen LogP contribution in [0.1, 0.15) is 62.5 Å². The van der Waals surface area contributed by atoms with Crippen LogP contribution < -0.4 is 5.73 Å². The molecule has 0 spiro atoms. The summed E-state index contributed by atoms with van der Waals surface area (Å²) in [7, 11) is 0. The molecule has 2 rings (SSSR count). The summed E-state index contributed by atoms with van der Waals surface area (Å²) in [5.41, 5.74) is 5.98. The summed E-state index contributed by atoms with van der Waals surface area (Å²) in [6, 6.07) is 0.0775. The van der Waals surface area contributed by atoms with E-state index in [1.807, 2.05) is 13.8 Å². The minimum absolute atomic E-state index is 0.00912. The molecular formula is C12H20N4O2. The molecule has 0 radical (unpaired) electrons. The van der Waals surface area contributed by atoms with Crippen molar-refractivity contribution in [3.05, 3.63) is 5.69 Å². The van der Waals surface area contributed by atoms with Crippen LogP contribution in [0.2, 0.25) is 0 Å². The predicted molar refractivity (Wildman–Crippen MR) is 67.1 cm³/mol. The van der Waals surface area contributed by atoms with Crippen LogP contribution in [0.5, 0.6) is 0 Å². The van der Waals surface area contributed by atoms with E-state index in [0.717, 1.165) is 25.7 Å². The third kappa shape index (κ3) is 2.63. The molecule has 0 amide bonds. The molecule has 0 unspecified atom stereocenters. The van der Waals surface area contributed by atoms with Crippen molar-refractivity contribution in [3.63, 3.8) is 0 Å². The Bertz CT molecular complexity index is 422. The molecule has 1 fully saturated rings. The molecule has 1 aromatic rings. The molecular weight excluding hydrogens is 232 g/mol. The number of esters is 1. The monoisotopic (exact) mass is 252 g/mol. The Morgan fingerprint density at radius 1 is 1.39 bits per heavy atom. The van der Waals surface area contributed by atoms with Gasteiger partial charge in [0.1, 0.15) is 6.10 Å². The van der Waals surface area contributed by atoms with E-state index in [4.69, 9.17) is 10.5 Å². The largest absolute Gasteiger partial charge is 0.458 e. The van der Waals surface area contributed by atoms with E-state index in [1.54, 1.807) is 0 Å². The maximum absolute atomic E-state index is 12.0. The van der Waals surface area contributed by atoms with Gasteiger partial charge in [-0.3, -0.25) is 0 Å². The van der Waals surface area contributed by atoms with Crippen LogP contribution in [0.4, 0.5) is 5.82 Å². The summed E-state index contributed by atoms with van der Waals surface area (Å²) < 4.78 is 6.94. The van der Waals surface area contributed by atoms with Crippen LogP contribution in [0.15, 0.2) is 0 Å².